The molecular formula is C22H31NO6. The van der Waals surface area contributed by atoms with Gasteiger partial charge in [-0.3, -0.25) is 4.79 Å². The van der Waals surface area contributed by atoms with Crippen LogP contribution in [-0.4, -0.2) is 49.6 Å². The molecule has 2 aliphatic heterocycles. The molecule has 0 bridgehead atoms. The van der Waals surface area contributed by atoms with Crippen molar-refractivity contribution in [3.63, 3.8) is 0 Å². The molecule has 1 atom stereocenters. The minimum Gasteiger partial charge on any atom is -0.469 e. The van der Waals surface area contributed by atoms with Gasteiger partial charge in [0, 0.05) is 13.1 Å². The van der Waals surface area contributed by atoms with Gasteiger partial charge < -0.3 is 23.8 Å². The summed E-state index contributed by atoms with van der Waals surface area (Å²) in [5.41, 5.74) is 0.563. The van der Waals surface area contributed by atoms with E-state index in [-0.39, 0.29) is 24.8 Å². The standard InChI is InChI=1S/C22H31NO6/c1-22(2,3)29-21(25)23-9-7-15(8-10-23)11-17(13-20(24)26-4)16-5-6-18-19(12-16)28-14-27-18/h5-6,12,15,17H,7-11,13-14H2,1-4H3. The first-order chi connectivity index (χ1) is 13.7. The fourth-order valence-corrected chi connectivity index (χ4v) is 3.87. The third-order valence-electron chi connectivity index (χ3n) is 5.39. The molecule has 7 nitrogen and oxygen atoms in total. The van der Waals surface area contributed by atoms with Gasteiger partial charge in [0.25, 0.3) is 0 Å². The highest BCUT2D eigenvalue weighted by Gasteiger charge is 2.30. The lowest BCUT2D eigenvalue weighted by Crippen LogP contribution is -2.41. The van der Waals surface area contributed by atoms with Gasteiger partial charge in [-0.1, -0.05) is 6.07 Å². The minimum atomic E-state index is -0.487. The Hall–Kier alpha value is -2.44. The molecule has 1 aromatic rings. The normalized spacial score (nSPS) is 17.7. The van der Waals surface area contributed by atoms with Crippen LogP contribution in [0.5, 0.6) is 11.5 Å². The van der Waals surface area contributed by atoms with Crippen LogP contribution in [0.2, 0.25) is 0 Å². The highest BCUT2D eigenvalue weighted by Crippen LogP contribution is 2.38. The summed E-state index contributed by atoms with van der Waals surface area (Å²) in [4.78, 5) is 26.0. The van der Waals surface area contributed by atoms with Gasteiger partial charge in [-0.25, -0.2) is 4.79 Å². The van der Waals surface area contributed by atoms with E-state index in [2.05, 4.69) is 0 Å². The molecule has 0 spiro atoms. The van der Waals surface area contributed by atoms with E-state index in [0.29, 0.717) is 25.4 Å². The number of fused-ring (bicyclic) bond motifs is 1. The lowest BCUT2D eigenvalue weighted by atomic mass is 9.82. The molecule has 0 saturated carbocycles. The van der Waals surface area contributed by atoms with Crippen LogP contribution in [0, 0.1) is 5.92 Å². The molecule has 2 heterocycles. The Morgan fingerprint density at radius 2 is 1.86 bits per heavy atom. The number of methoxy groups -OCH3 is 1. The van der Waals surface area contributed by atoms with E-state index in [4.69, 9.17) is 18.9 Å². The number of hydrogen-bond donors (Lipinski definition) is 0. The number of nitrogens with zero attached hydrogens (tertiary/aromatic N) is 1. The lowest BCUT2D eigenvalue weighted by Gasteiger charge is -2.34. The van der Waals surface area contributed by atoms with E-state index in [1.165, 1.54) is 7.11 Å². The van der Waals surface area contributed by atoms with Crippen molar-refractivity contribution in [2.24, 2.45) is 5.92 Å². The Labute approximate surface area is 172 Å². The first-order valence-electron chi connectivity index (χ1n) is 10.2. The fourth-order valence-electron chi connectivity index (χ4n) is 3.87. The summed E-state index contributed by atoms with van der Waals surface area (Å²) in [5.74, 6) is 1.69. The van der Waals surface area contributed by atoms with Gasteiger partial charge in [-0.2, -0.15) is 0 Å². The van der Waals surface area contributed by atoms with Gasteiger partial charge in [0.15, 0.2) is 11.5 Å². The van der Waals surface area contributed by atoms with Crippen LogP contribution in [0.15, 0.2) is 18.2 Å². The van der Waals surface area contributed by atoms with Gasteiger partial charge in [-0.15, -0.1) is 0 Å². The molecule has 0 aromatic heterocycles. The average Bonchev–Trinajstić information content (AvgIpc) is 3.14. The summed E-state index contributed by atoms with van der Waals surface area (Å²) < 4.78 is 21.3. The molecular weight excluding hydrogens is 374 g/mol. The first-order valence-corrected chi connectivity index (χ1v) is 10.2. The largest absolute Gasteiger partial charge is 0.469 e. The number of ether oxygens (including phenoxy) is 4. The van der Waals surface area contributed by atoms with E-state index < -0.39 is 5.60 Å². The second-order valence-corrected chi connectivity index (χ2v) is 8.74. The highest BCUT2D eigenvalue weighted by atomic mass is 16.7. The Bertz CT molecular complexity index is 733. The number of piperidine rings is 1. The van der Waals surface area contributed by atoms with Crippen LogP contribution >= 0.6 is 0 Å². The van der Waals surface area contributed by atoms with Crippen molar-refractivity contribution in [2.75, 3.05) is 27.0 Å². The molecule has 160 valence electrons. The molecule has 0 radical (unpaired) electrons. The number of amides is 1. The zero-order valence-corrected chi connectivity index (χ0v) is 17.7. The zero-order chi connectivity index (χ0) is 21.0. The molecule has 0 N–H and O–H groups in total. The fraction of sp³-hybridized carbons (Fsp3) is 0.636. The van der Waals surface area contributed by atoms with Crippen molar-refractivity contribution < 1.29 is 28.5 Å². The molecule has 1 unspecified atom stereocenters. The number of benzene rings is 1. The Morgan fingerprint density at radius 1 is 1.17 bits per heavy atom. The summed E-state index contributed by atoms with van der Waals surface area (Å²) in [5, 5.41) is 0. The summed E-state index contributed by atoms with van der Waals surface area (Å²) in [6.07, 6.45) is 2.71. The summed E-state index contributed by atoms with van der Waals surface area (Å²) in [7, 11) is 1.42. The molecule has 1 saturated heterocycles. The van der Waals surface area contributed by atoms with Gasteiger partial charge in [0.2, 0.25) is 6.79 Å². The van der Waals surface area contributed by atoms with E-state index in [1.807, 2.05) is 39.0 Å². The van der Waals surface area contributed by atoms with Crippen LogP contribution in [0.4, 0.5) is 4.79 Å². The first kappa shape index (κ1) is 21.3. The SMILES string of the molecule is COC(=O)CC(CC1CCN(C(=O)OC(C)(C)C)CC1)c1ccc2c(c1)OCO2. The molecule has 0 aliphatic carbocycles. The number of likely N-dealkylation sites (tertiary alicyclic amines) is 1. The van der Waals surface area contributed by atoms with E-state index >= 15 is 0 Å². The number of hydrogen-bond acceptors (Lipinski definition) is 6. The number of carbonyl (C=O) groups is 2. The maximum atomic E-state index is 12.3. The van der Waals surface area contributed by atoms with Crippen molar-refractivity contribution in [1.82, 2.24) is 4.90 Å². The molecule has 3 rings (SSSR count). The second-order valence-electron chi connectivity index (χ2n) is 8.74. The minimum absolute atomic E-state index is 0.0371. The average molecular weight is 405 g/mol. The Balaban J connectivity index is 1.62. The highest BCUT2D eigenvalue weighted by molar-refractivity contribution is 5.70. The van der Waals surface area contributed by atoms with Crippen molar-refractivity contribution in [1.29, 1.82) is 0 Å². The molecule has 2 aliphatic rings. The van der Waals surface area contributed by atoms with Crippen molar-refractivity contribution in [3.05, 3.63) is 23.8 Å². The summed E-state index contributed by atoms with van der Waals surface area (Å²) in [6, 6.07) is 5.86. The van der Waals surface area contributed by atoms with Crippen LogP contribution in [0.25, 0.3) is 0 Å². The predicted octanol–water partition coefficient (Wildman–Crippen LogP) is 4.10. The van der Waals surface area contributed by atoms with Gasteiger partial charge in [-0.05, 0) is 69.6 Å². The summed E-state index contributed by atoms with van der Waals surface area (Å²) >= 11 is 0. The Morgan fingerprint density at radius 3 is 2.52 bits per heavy atom. The Kier molecular flexibility index (Phi) is 6.55. The van der Waals surface area contributed by atoms with Crippen LogP contribution in [0.1, 0.15) is 57.9 Å². The van der Waals surface area contributed by atoms with Crippen LogP contribution < -0.4 is 9.47 Å². The number of rotatable bonds is 5. The van der Waals surface area contributed by atoms with Crippen molar-refractivity contribution >= 4 is 12.1 Å². The van der Waals surface area contributed by atoms with Gasteiger partial charge in [0.1, 0.15) is 5.60 Å². The lowest BCUT2D eigenvalue weighted by molar-refractivity contribution is -0.141. The van der Waals surface area contributed by atoms with Crippen molar-refractivity contribution in [2.45, 2.75) is 58.0 Å². The predicted molar refractivity (Wildman–Crippen MR) is 107 cm³/mol. The van der Waals surface area contributed by atoms with Crippen LogP contribution in [0.3, 0.4) is 0 Å². The van der Waals surface area contributed by atoms with E-state index in [9.17, 15) is 9.59 Å². The maximum Gasteiger partial charge on any atom is 0.410 e. The maximum absolute atomic E-state index is 12.3. The second kappa shape index (κ2) is 8.93. The molecule has 7 heteroatoms. The molecule has 1 fully saturated rings. The third-order valence-corrected chi connectivity index (χ3v) is 5.39. The van der Waals surface area contributed by atoms with E-state index in [1.54, 1.807) is 4.90 Å². The molecule has 1 aromatic carbocycles. The molecule has 29 heavy (non-hydrogen) atoms. The quantitative estimate of drug-likeness (QED) is 0.687. The monoisotopic (exact) mass is 405 g/mol. The smallest absolute Gasteiger partial charge is 0.410 e. The van der Waals surface area contributed by atoms with Crippen LogP contribution in [-0.2, 0) is 14.3 Å². The van der Waals surface area contributed by atoms with Gasteiger partial charge in [0.05, 0.1) is 13.5 Å². The number of carbonyl (C=O) groups excluding carboxylic acids is 2. The zero-order valence-electron chi connectivity index (χ0n) is 17.7. The molecule has 1 amide bonds. The van der Waals surface area contributed by atoms with Crippen molar-refractivity contribution in [3.8, 4) is 11.5 Å². The topological polar surface area (TPSA) is 74.3 Å². The van der Waals surface area contributed by atoms with E-state index in [0.717, 1.165) is 36.3 Å². The third kappa shape index (κ3) is 5.78. The number of esters is 1. The van der Waals surface area contributed by atoms with Gasteiger partial charge >= 0.3 is 12.1 Å². The summed E-state index contributed by atoms with van der Waals surface area (Å²) in [6.45, 7) is 7.20.